The first kappa shape index (κ1) is 21.6. The zero-order valence-electron chi connectivity index (χ0n) is 16.8. The number of hydrogen-bond acceptors (Lipinski definition) is 3. The second-order valence-electron chi connectivity index (χ2n) is 7.49. The molecule has 2 N–H and O–H groups in total. The fourth-order valence-electron chi connectivity index (χ4n) is 3.93. The van der Waals surface area contributed by atoms with E-state index in [0.29, 0.717) is 39.1 Å². The molecule has 160 valence electrons. The number of carbonyl (C=O) groups is 1. The van der Waals surface area contributed by atoms with Gasteiger partial charge in [0.2, 0.25) is 5.88 Å². The van der Waals surface area contributed by atoms with Gasteiger partial charge in [-0.1, -0.05) is 60.3 Å². The first-order valence-electron chi connectivity index (χ1n) is 10.2. The predicted molar refractivity (Wildman–Crippen MR) is 124 cm³/mol. The lowest BCUT2D eigenvalue weighted by Gasteiger charge is -2.12. The van der Waals surface area contributed by atoms with Gasteiger partial charge in [0.25, 0.3) is 5.91 Å². The molecule has 0 saturated heterocycles. The lowest BCUT2D eigenvalue weighted by molar-refractivity contribution is 0.101. The van der Waals surface area contributed by atoms with Crippen LogP contribution in [0, 0.1) is 0 Å². The largest absolute Gasteiger partial charge is 0.494 e. The highest BCUT2D eigenvalue weighted by Gasteiger charge is 2.36. The Kier molecular flexibility index (Phi) is 6.46. The first-order valence-corrected chi connectivity index (χ1v) is 11.0. The van der Waals surface area contributed by atoms with Crippen molar-refractivity contribution in [2.45, 2.75) is 32.2 Å². The molecule has 2 aromatic carbocycles. The quantitative estimate of drug-likeness (QED) is 0.426. The van der Waals surface area contributed by atoms with E-state index in [1.165, 1.54) is 0 Å². The maximum atomic E-state index is 13.0. The van der Waals surface area contributed by atoms with Crippen molar-refractivity contribution in [3.8, 4) is 17.1 Å². The highest BCUT2D eigenvalue weighted by Crippen LogP contribution is 2.41. The van der Waals surface area contributed by atoms with Crippen LogP contribution in [0.1, 0.15) is 47.2 Å². The number of amides is 1. The first-order chi connectivity index (χ1) is 15.0. The van der Waals surface area contributed by atoms with Crippen LogP contribution in [0.4, 0.5) is 0 Å². The molecule has 7 heteroatoms. The van der Waals surface area contributed by atoms with E-state index in [9.17, 15) is 9.90 Å². The number of aromatic hydroxyl groups is 1. The van der Waals surface area contributed by atoms with Crippen LogP contribution in [0.15, 0.2) is 53.5 Å². The number of rotatable bonds is 8. The normalized spacial score (nSPS) is 12.9. The minimum atomic E-state index is -0.376. The van der Waals surface area contributed by atoms with E-state index < -0.39 is 0 Å². The molecule has 2 heterocycles. The summed E-state index contributed by atoms with van der Waals surface area (Å²) in [6.45, 7) is 0.720. The zero-order valence-corrected chi connectivity index (χ0v) is 18.3. The van der Waals surface area contributed by atoms with Gasteiger partial charge in [-0.2, -0.15) is 0 Å². The maximum Gasteiger partial charge on any atom is 0.280 e. The molecule has 0 fully saturated rings. The summed E-state index contributed by atoms with van der Waals surface area (Å²) in [5.41, 5.74) is 3.45. The fourth-order valence-corrected chi connectivity index (χ4v) is 4.18. The Hall–Kier alpha value is -2.60. The number of fused-ring (bicyclic) bond motifs is 1. The van der Waals surface area contributed by atoms with Crippen molar-refractivity contribution >= 4 is 34.8 Å². The van der Waals surface area contributed by atoms with Crippen molar-refractivity contribution in [2.75, 3.05) is 6.61 Å². The van der Waals surface area contributed by atoms with Gasteiger partial charge in [0.05, 0.1) is 22.5 Å². The van der Waals surface area contributed by atoms with Gasteiger partial charge in [-0.3, -0.25) is 4.79 Å². The molecule has 0 radical (unpaired) electrons. The Morgan fingerprint density at radius 1 is 0.806 bits per heavy atom. The number of carbonyl (C=O) groups excluding carboxylic acids is 1. The third-order valence-electron chi connectivity index (χ3n) is 5.43. The van der Waals surface area contributed by atoms with Crippen molar-refractivity contribution in [3.05, 3.63) is 75.3 Å². The number of aliphatic hydroxyl groups excluding tert-OH is 1. The number of aliphatic imine (C=N–C) groups is 1. The average molecular weight is 457 g/mol. The minimum Gasteiger partial charge on any atom is -0.494 e. The third-order valence-corrected chi connectivity index (χ3v) is 5.93. The molecule has 31 heavy (non-hydrogen) atoms. The van der Waals surface area contributed by atoms with Crippen LogP contribution in [-0.2, 0) is 6.54 Å². The molecule has 0 atom stereocenters. The molecular weight excluding hydrogens is 435 g/mol. The molecule has 0 aliphatic carbocycles. The van der Waals surface area contributed by atoms with Gasteiger partial charge in [0, 0.05) is 28.8 Å². The highest BCUT2D eigenvalue weighted by atomic mass is 35.5. The molecule has 3 aromatic rings. The second-order valence-corrected chi connectivity index (χ2v) is 8.36. The minimum absolute atomic E-state index is 0.0293. The Balaban J connectivity index is 1.80. The topological polar surface area (TPSA) is 74.8 Å². The number of benzene rings is 2. The SMILES string of the molecule is O=C1N=C(c2ccc(Cl)cc2)c2c1c(-c1ccc(Cl)cc1)n(CCCCCCO)c2O. The van der Waals surface area contributed by atoms with E-state index in [4.69, 9.17) is 28.3 Å². The molecule has 1 aliphatic rings. The number of aromatic nitrogens is 1. The van der Waals surface area contributed by atoms with Gasteiger partial charge in [-0.25, -0.2) is 4.99 Å². The van der Waals surface area contributed by atoms with Crippen molar-refractivity contribution in [2.24, 2.45) is 4.99 Å². The number of hydrogen-bond donors (Lipinski definition) is 2. The van der Waals surface area contributed by atoms with Gasteiger partial charge in [0.15, 0.2) is 0 Å². The van der Waals surface area contributed by atoms with E-state index >= 15 is 0 Å². The van der Waals surface area contributed by atoms with E-state index in [1.54, 1.807) is 41.0 Å². The molecule has 0 bridgehead atoms. The Morgan fingerprint density at radius 3 is 2.00 bits per heavy atom. The molecule has 5 nitrogen and oxygen atoms in total. The van der Waals surface area contributed by atoms with Crippen LogP contribution < -0.4 is 0 Å². The summed E-state index contributed by atoms with van der Waals surface area (Å²) in [4.78, 5) is 17.2. The summed E-state index contributed by atoms with van der Waals surface area (Å²) >= 11 is 12.1. The van der Waals surface area contributed by atoms with Gasteiger partial charge < -0.3 is 14.8 Å². The standard InChI is InChI=1S/C24H22Cl2N2O3/c25-17-9-5-15(6-10-17)21-19-20(23(30)27-21)22(16-7-11-18(26)12-8-16)28(24(19)31)13-3-1-2-4-14-29/h5-12,29,31H,1-4,13-14H2. The molecular formula is C24H22Cl2N2O3. The van der Waals surface area contributed by atoms with Gasteiger partial charge in [-0.05, 0) is 42.7 Å². The Morgan fingerprint density at radius 2 is 1.39 bits per heavy atom. The van der Waals surface area contributed by atoms with E-state index in [-0.39, 0.29) is 18.4 Å². The molecule has 0 saturated carbocycles. The summed E-state index contributed by atoms with van der Waals surface area (Å²) in [6, 6.07) is 14.3. The highest BCUT2D eigenvalue weighted by molar-refractivity contribution is 6.32. The second kappa shape index (κ2) is 9.27. The zero-order chi connectivity index (χ0) is 22.0. The summed E-state index contributed by atoms with van der Waals surface area (Å²) in [7, 11) is 0. The van der Waals surface area contributed by atoms with Crippen molar-refractivity contribution in [3.63, 3.8) is 0 Å². The molecule has 0 spiro atoms. The van der Waals surface area contributed by atoms with Gasteiger partial charge >= 0.3 is 0 Å². The van der Waals surface area contributed by atoms with Crippen molar-refractivity contribution < 1.29 is 15.0 Å². The fraction of sp³-hybridized carbons (Fsp3) is 0.250. The number of aliphatic hydroxyl groups is 1. The summed E-state index contributed by atoms with van der Waals surface area (Å²) in [5.74, 6) is -0.346. The number of nitrogens with zero attached hydrogens (tertiary/aromatic N) is 2. The van der Waals surface area contributed by atoms with Crippen LogP contribution in [0.3, 0.4) is 0 Å². The third kappa shape index (κ3) is 4.26. The summed E-state index contributed by atoms with van der Waals surface area (Å²) < 4.78 is 1.79. The van der Waals surface area contributed by atoms with Gasteiger partial charge in [0.1, 0.15) is 0 Å². The Bertz CT molecular complexity index is 1130. The summed E-state index contributed by atoms with van der Waals surface area (Å²) in [5, 5.41) is 21.4. The van der Waals surface area contributed by atoms with Crippen LogP contribution in [0.2, 0.25) is 10.0 Å². The van der Waals surface area contributed by atoms with E-state index in [2.05, 4.69) is 4.99 Å². The average Bonchev–Trinajstić information content (AvgIpc) is 3.25. The Labute approximate surface area is 190 Å². The van der Waals surface area contributed by atoms with E-state index in [0.717, 1.165) is 36.8 Å². The van der Waals surface area contributed by atoms with Crippen molar-refractivity contribution in [1.29, 1.82) is 0 Å². The maximum absolute atomic E-state index is 13.0. The van der Waals surface area contributed by atoms with Crippen molar-refractivity contribution in [1.82, 2.24) is 4.57 Å². The summed E-state index contributed by atoms with van der Waals surface area (Å²) in [6.07, 6.45) is 3.38. The molecule has 1 aliphatic heterocycles. The predicted octanol–water partition coefficient (Wildman–Crippen LogP) is 5.71. The van der Waals surface area contributed by atoms with E-state index in [1.807, 2.05) is 12.1 Å². The number of unbranched alkanes of at least 4 members (excludes halogenated alkanes) is 3. The lowest BCUT2D eigenvalue weighted by atomic mass is 10.0. The number of halogens is 2. The van der Waals surface area contributed by atoms with Gasteiger partial charge in [-0.15, -0.1) is 0 Å². The molecule has 1 amide bonds. The molecule has 1 aromatic heterocycles. The monoisotopic (exact) mass is 456 g/mol. The lowest BCUT2D eigenvalue weighted by Crippen LogP contribution is -2.04. The van der Waals surface area contributed by atoms with Crippen LogP contribution in [0.5, 0.6) is 5.88 Å². The smallest absolute Gasteiger partial charge is 0.280 e. The van der Waals surface area contributed by atoms with Crippen LogP contribution in [0.25, 0.3) is 11.3 Å². The van der Waals surface area contributed by atoms with Crippen LogP contribution >= 0.6 is 23.2 Å². The van der Waals surface area contributed by atoms with Crippen LogP contribution in [-0.4, -0.2) is 33.0 Å². The molecule has 4 rings (SSSR count). The molecule has 0 unspecified atom stereocenters.